The Morgan fingerprint density at radius 3 is 2.50 bits per heavy atom. The van der Waals surface area contributed by atoms with Crippen molar-refractivity contribution in [3.63, 3.8) is 0 Å². The Bertz CT molecular complexity index is 413. The van der Waals surface area contributed by atoms with Gasteiger partial charge in [-0.1, -0.05) is 12.2 Å². The van der Waals surface area contributed by atoms with Crippen molar-refractivity contribution in [2.24, 2.45) is 11.8 Å². The summed E-state index contributed by atoms with van der Waals surface area (Å²) in [6.07, 6.45) is 3.17. The maximum atomic E-state index is 12.4. The minimum Gasteiger partial charge on any atom is -0.481 e. The molecule has 2 amide bonds. The maximum absolute atomic E-state index is 12.4. The van der Waals surface area contributed by atoms with E-state index in [1.165, 1.54) is 0 Å². The zero-order valence-corrected chi connectivity index (χ0v) is 11.4. The van der Waals surface area contributed by atoms with Crippen LogP contribution in [0.3, 0.4) is 0 Å². The summed E-state index contributed by atoms with van der Waals surface area (Å²) in [6, 6.07) is -0.119. The summed E-state index contributed by atoms with van der Waals surface area (Å²) < 4.78 is 5.50. The number of carboxylic acid groups (broad SMARTS) is 1. The third kappa shape index (κ3) is 2.70. The molecule has 0 bridgehead atoms. The summed E-state index contributed by atoms with van der Waals surface area (Å²) in [4.78, 5) is 26.8. The van der Waals surface area contributed by atoms with E-state index in [2.05, 4.69) is 13.2 Å². The lowest BCUT2D eigenvalue weighted by atomic mass is 9.93. The average molecular weight is 280 g/mol. The molecule has 110 valence electrons. The van der Waals surface area contributed by atoms with Gasteiger partial charge in [0.25, 0.3) is 0 Å². The minimum atomic E-state index is -0.846. The molecular formula is C14H20N2O4. The number of carbonyl (C=O) groups is 2. The van der Waals surface area contributed by atoms with E-state index in [1.54, 1.807) is 22.0 Å². The van der Waals surface area contributed by atoms with E-state index in [1.807, 2.05) is 0 Å². The summed E-state index contributed by atoms with van der Waals surface area (Å²) in [5, 5.41) is 9.14. The van der Waals surface area contributed by atoms with Crippen LogP contribution in [-0.4, -0.2) is 65.8 Å². The van der Waals surface area contributed by atoms with E-state index in [4.69, 9.17) is 9.84 Å². The number of nitrogens with zero attached hydrogens (tertiary/aromatic N) is 2. The first-order valence-corrected chi connectivity index (χ1v) is 6.68. The number of urea groups is 1. The van der Waals surface area contributed by atoms with Crippen molar-refractivity contribution in [3.8, 4) is 0 Å². The number of fused-ring (bicyclic) bond motifs is 1. The monoisotopic (exact) mass is 280 g/mol. The second-order valence-electron chi connectivity index (χ2n) is 5.15. The van der Waals surface area contributed by atoms with Crippen LogP contribution >= 0.6 is 0 Å². The number of carbonyl (C=O) groups excluding carboxylic acids is 1. The molecule has 2 rings (SSSR count). The van der Waals surface area contributed by atoms with Gasteiger partial charge in [0.2, 0.25) is 0 Å². The smallest absolute Gasteiger partial charge is 0.320 e. The van der Waals surface area contributed by atoms with E-state index < -0.39 is 11.9 Å². The molecule has 0 aliphatic carbocycles. The van der Waals surface area contributed by atoms with E-state index in [9.17, 15) is 9.59 Å². The number of rotatable bonds is 5. The van der Waals surface area contributed by atoms with Gasteiger partial charge < -0.3 is 19.6 Å². The molecule has 0 aromatic heterocycles. The number of hydrogen-bond donors (Lipinski definition) is 1. The predicted octanol–water partition coefficient (Wildman–Crippen LogP) is 0.812. The third-order valence-corrected chi connectivity index (χ3v) is 3.87. The van der Waals surface area contributed by atoms with Gasteiger partial charge in [-0.05, 0) is 0 Å². The number of aliphatic carboxylic acids is 1. The second kappa shape index (κ2) is 6.09. The standard InChI is InChI=1S/C14H20N2O4/c1-3-5-15(6-4-2)14(19)16-7-10-11(13(17)18)9-20-12(10)8-16/h3-4,10-12H,1-2,5-9H2,(H,17,18)/t10-,11-,12-/m1/s1. The second-order valence-corrected chi connectivity index (χ2v) is 5.15. The molecule has 2 aliphatic heterocycles. The molecule has 2 saturated heterocycles. The lowest BCUT2D eigenvalue weighted by Crippen LogP contribution is -2.43. The third-order valence-electron chi connectivity index (χ3n) is 3.87. The Labute approximate surface area is 118 Å². The van der Waals surface area contributed by atoms with Crippen molar-refractivity contribution in [1.82, 2.24) is 9.80 Å². The van der Waals surface area contributed by atoms with Crippen LogP contribution in [0.4, 0.5) is 4.79 Å². The normalized spacial score (nSPS) is 28.0. The van der Waals surface area contributed by atoms with Gasteiger partial charge >= 0.3 is 12.0 Å². The van der Waals surface area contributed by atoms with Crippen molar-refractivity contribution in [3.05, 3.63) is 25.3 Å². The first-order chi connectivity index (χ1) is 9.58. The summed E-state index contributed by atoms with van der Waals surface area (Å²) >= 11 is 0. The summed E-state index contributed by atoms with van der Waals surface area (Å²) in [5.41, 5.74) is 0. The van der Waals surface area contributed by atoms with Crippen LogP contribution in [-0.2, 0) is 9.53 Å². The molecule has 0 aromatic carbocycles. The Morgan fingerprint density at radius 1 is 1.30 bits per heavy atom. The Hall–Kier alpha value is -1.82. The zero-order valence-electron chi connectivity index (χ0n) is 11.4. The zero-order chi connectivity index (χ0) is 14.7. The Kier molecular flexibility index (Phi) is 4.44. The first-order valence-electron chi connectivity index (χ1n) is 6.68. The van der Waals surface area contributed by atoms with Crippen LogP contribution in [0, 0.1) is 11.8 Å². The van der Waals surface area contributed by atoms with Gasteiger partial charge in [0.15, 0.2) is 0 Å². The lowest BCUT2D eigenvalue weighted by molar-refractivity contribution is -0.142. The molecule has 2 heterocycles. The summed E-state index contributed by atoms with van der Waals surface area (Å²) in [7, 11) is 0. The van der Waals surface area contributed by atoms with Gasteiger partial charge in [-0.25, -0.2) is 4.79 Å². The van der Waals surface area contributed by atoms with Crippen molar-refractivity contribution >= 4 is 12.0 Å². The van der Waals surface area contributed by atoms with Crippen molar-refractivity contribution in [2.75, 3.05) is 32.8 Å². The van der Waals surface area contributed by atoms with Gasteiger partial charge in [-0.15, -0.1) is 13.2 Å². The van der Waals surface area contributed by atoms with Crippen LogP contribution in [0.5, 0.6) is 0 Å². The number of carboxylic acids is 1. The Morgan fingerprint density at radius 2 is 1.95 bits per heavy atom. The van der Waals surface area contributed by atoms with Gasteiger partial charge in [0, 0.05) is 32.1 Å². The molecular weight excluding hydrogens is 260 g/mol. The fourth-order valence-electron chi connectivity index (χ4n) is 2.87. The van der Waals surface area contributed by atoms with Crippen molar-refractivity contribution in [1.29, 1.82) is 0 Å². The fourth-order valence-corrected chi connectivity index (χ4v) is 2.87. The van der Waals surface area contributed by atoms with E-state index in [-0.39, 0.29) is 24.7 Å². The van der Waals surface area contributed by atoms with Gasteiger partial charge in [0.05, 0.1) is 18.6 Å². The SMILES string of the molecule is C=CCN(CC=C)C(=O)N1C[C@H]2[C@@H](C1)OC[C@H]2C(=O)O. The Balaban J connectivity index is 2.01. The van der Waals surface area contributed by atoms with Crippen LogP contribution in [0.2, 0.25) is 0 Å². The van der Waals surface area contributed by atoms with Crippen molar-refractivity contribution < 1.29 is 19.4 Å². The molecule has 2 aliphatic rings. The van der Waals surface area contributed by atoms with Crippen LogP contribution in [0.1, 0.15) is 0 Å². The van der Waals surface area contributed by atoms with Gasteiger partial charge in [0.1, 0.15) is 0 Å². The molecule has 20 heavy (non-hydrogen) atoms. The highest BCUT2D eigenvalue weighted by atomic mass is 16.5. The van der Waals surface area contributed by atoms with E-state index in [0.29, 0.717) is 26.2 Å². The predicted molar refractivity (Wildman–Crippen MR) is 73.3 cm³/mol. The van der Waals surface area contributed by atoms with E-state index in [0.717, 1.165) is 0 Å². The molecule has 6 nitrogen and oxygen atoms in total. The van der Waals surface area contributed by atoms with Gasteiger partial charge in [-0.3, -0.25) is 4.79 Å². The quantitative estimate of drug-likeness (QED) is 0.757. The number of amides is 2. The molecule has 0 radical (unpaired) electrons. The fraction of sp³-hybridized carbons (Fsp3) is 0.571. The largest absolute Gasteiger partial charge is 0.481 e. The molecule has 2 fully saturated rings. The number of ether oxygens (including phenoxy) is 1. The molecule has 0 aromatic rings. The van der Waals surface area contributed by atoms with Crippen molar-refractivity contribution in [2.45, 2.75) is 6.10 Å². The topological polar surface area (TPSA) is 70.1 Å². The highest BCUT2D eigenvalue weighted by Crippen LogP contribution is 2.34. The summed E-state index contributed by atoms with van der Waals surface area (Å²) in [5.74, 6) is -1.46. The molecule has 1 N–H and O–H groups in total. The molecule has 0 spiro atoms. The maximum Gasteiger partial charge on any atom is 0.320 e. The molecule has 3 atom stereocenters. The molecule has 6 heteroatoms. The minimum absolute atomic E-state index is 0.106. The van der Waals surface area contributed by atoms with Crippen LogP contribution in [0.25, 0.3) is 0 Å². The van der Waals surface area contributed by atoms with Crippen LogP contribution in [0.15, 0.2) is 25.3 Å². The van der Waals surface area contributed by atoms with E-state index >= 15 is 0 Å². The lowest BCUT2D eigenvalue weighted by Gasteiger charge is -2.27. The molecule has 0 saturated carbocycles. The molecule has 0 unspecified atom stereocenters. The number of hydrogen-bond acceptors (Lipinski definition) is 3. The first kappa shape index (κ1) is 14.6. The average Bonchev–Trinajstić information content (AvgIpc) is 2.96. The highest BCUT2D eigenvalue weighted by Gasteiger charge is 2.48. The number of likely N-dealkylation sites (tertiary alicyclic amines) is 1. The summed E-state index contributed by atoms with van der Waals surface area (Å²) in [6.45, 7) is 9.30. The van der Waals surface area contributed by atoms with Gasteiger partial charge in [-0.2, -0.15) is 0 Å². The highest BCUT2D eigenvalue weighted by molar-refractivity contribution is 5.76. The van der Waals surface area contributed by atoms with Crippen LogP contribution < -0.4 is 0 Å².